The van der Waals surface area contributed by atoms with Crippen molar-refractivity contribution in [3.8, 4) is 0 Å². The summed E-state index contributed by atoms with van der Waals surface area (Å²) < 4.78 is 1.93. The topological polar surface area (TPSA) is 46.8 Å². The SMILES string of the molecule is c1ncn(C[C@H]2CCCCN2Cc2cscn2)n1. The molecule has 2 aromatic heterocycles. The summed E-state index contributed by atoms with van der Waals surface area (Å²) in [6, 6.07) is 0.558. The largest absolute Gasteiger partial charge is 0.293 e. The van der Waals surface area contributed by atoms with E-state index in [0.29, 0.717) is 6.04 Å². The zero-order valence-electron chi connectivity index (χ0n) is 10.3. The number of aromatic nitrogens is 4. The Balaban J connectivity index is 1.66. The highest BCUT2D eigenvalue weighted by molar-refractivity contribution is 7.07. The van der Waals surface area contributed by atoms with Gasteiger partial charge in [-0.3, -0.25) is 9.58 Å². The number of rotatable bonds is 4. The molecule has 3 rings (SSSR count). The summed E-state index contributed by atoms with van der Waals surface area (Å²) >= 11 is 1.67. The maximum absolute atomic E-state index is 4.38. The second kappa shape index (κ2) is 5.58. The van der Waals surface area contributed by atoms with Crippen molar-refractivity contribution >= 4 is 11.3 Å². The van der Waals surface area contributed by atoms with Gasteiger partial charge in [-0.05, 0) is 19.4 Å². The van der Waals surface area contributed by atoms with E-state index in [1.807, 2.05) is 10.2 Å². The third kappa shape index (κ3) is 2.76. The Morgan fingerprint density at radius 2 is 2.39 bits per heavy atom. The smallest absolute Gasteiger partial charge is 0.137 e. The van der Waals surface area contributed by atoms with Crippen molar-refractivity contribution in [3.05, 3.63) is 29.2 Å². The average Bonchev–Trinajstić information content (AvgIpc) is 3.05. The van der Waals surface area contributed by atoms with E-state index in [1.54, 1.807) is 24.0 Å². The molecule has 96 valence electrons. The quantitative estimate of drug-likeness (QED) is 0.843. The van der Waals surface area contributed by atoms with Crippen LogP contribution in [0.4, 0.5) is 0 Å². The minimum Gasteiger partial charge on any atom is -0.293 e. The summed E-state index contributed by atoms with van der Waals surface area (Å²) in [6.45, 7) is 3.06. The van der Waals surface area contributed by atoms with E-state index in [0.717, 1.165) is 19.6 Å². The van der Waals surface area contributed by atoms with Crippen LogP contribution < -0.4 is 0 Å². The second-order valence-electron chi connectivity index (χ2n) is 4.72. The van der Waals surface area contributed by atoms with Crippen molar-refractivity contribution in [2.24, 2.45) is 0 Å². The zero-order valence-corrected chi connectivity index (χ0v) is 11.1. The van der Waals surface area contributed by atoms with Crippen LogP contribution in [0.5, 0.6) is 0 Å². The van der Waals surface area contributed by atoms with E-state index in [2.05, 4.69) is 25.3 Å². The van der Waals surface area contributed by atoms with E-state index in [1.165, 1.54) is 25.0 Å². The van der Waals surface area contributed by atoms with Crippen molar-refractivity contribution < 1.29 is 0 Å². The lowest BCUT2D eigenvalue weighted by Gasteiger charge is -2.35. The van der Waals surface area contributed by atoms with Gasteiger partial charge in [-0.25, -0.2) is 9.97 Å². The monoisotopic (exact) mass is 263 g/mol. The molecule has 1 aliphatic heterocycles. The molecule has 0 aromatic carbocycles. The molecule has 0 bridgehead atoms. The summed E-state index contributed by atoms with van der Waals surface area (Å²) in [5, 5.41) is 6.35. The molecule has 0 unspecified atom stereocenters. The van der Waals surface area contributed by atoms with Gasteiger partial charge in [-0.1, -0.05) is 6.42 Å². The predicted octanol–water partition coefficient (Wildman–Crippen LogP) is 1.79. The van der Waals surface area contributed by atoms with E-state index < -0.39 is 0 Å². The Kier molecular flexibility index (Phi) is 3.66. The van der Waals surface area contributed by atoms with Gasteiger partial charge in [0.25, 0.3) is 0 Å². The number of piperidine rings is 1. The number of thiazole rings is 1. The summed E-state index contributed by atoms with van der Waals surface area (Å²) in [5.41, 5.74) is 3.09. The summed E-state index contributed by atoms with van der Waals surface area (Å²) in [4.78, 5) is 10.9. The fraction of sp³-hybridized carbons (Fsp3) is 0.583. The molecule has 0 amide bonds. The highest BCUT2D eigenvalue weighted by Gasteiger charge is 2.23. The molecule has 18 heavy (non-hydrogen) atoms. The predicted molar refractivity (Wildman–Crippen MR) is 70.2 cm³/mol. The minimum atomic E-state index is 0.558. The summed E-state index contributed by atoms with van der Waals surface area (Å²) in [5.74, 6) is 0. The number of likely N-dealkylation sites (tertiary alicyclic amines) is 1. The Morgan fingerprint density at radius 3 is 3.17 bits per heavy atom. The molecule has 2 aromatic rings. The van der Waals surface area contributed by atoms with E-state index in [4.69, 9.17) is 0 Å². The van der Waals surface area contributed by atoms with E-state index >= 15 is 0 Å². The summed E-state index contributed by atoms with van der Waals surface area (Å²) in [6.07, 6.45) is 7.25. The molecule has 3 heterocycles. The normalized spacial score (nSPS) is 21.2. The van der Waals surface area contributed by atoms with Gasteiger partial charge in [0, 0.05) is 18.0 Å². The lowest BCUT2D eigenvalue weighted by Crippen LogP contribution is -2.41. The molecule has 5 nitrogen and oxygen atoms in total. The molecule has 1 aliphatic rings. The van der Waals surface area contributed by atoms with Gasteiger partial charge >= 0.3 is 0 Å². The van der Waals surface area contributed by atoms with Crippen molar-refractivity contribution in [1.82, 2.24) is 24.6 Å². The molecule has 0 N–H and O–H groups in total. The van der Waals surface area contributed by atoms with Gasteiger partial charge in [0.15, 0.2) is 0 Å². The number of nitrogens with zero attached hydrogens (tertiary/aromatic N) is 5. The van der Waals surface area contributed by atoms with Gasteiger partial charge in [0.05, 0.1) is 17.7 Å². The van der Waals surface area contributed by atoms with Crippen LogP contribution in [0.25, 0.3) is 0 Å². The average molecular weight is 263 g/mol. The summed E-state index contributed by atoms with van der Waals surface area (Å²) in [7, 11) is 0. The first-order valence-corrected chi connectivity index (χ1v) is 7.29. The molecule has 0 spiro atoms. The zero-order chi connectivity index (χ0) is 12.2. The Bertz CT molecular complexity index is 409. The number of hydrogen-bond acceptors (Lipinski definition) is 5. The Hall–Kier alpha value is -1.27. The fourth-order valence-electron chi connectivity index (χ4n) is 2.54. The molecule has 1 atom stereocenters. The van der Waals surface area contributed by atoms with Crippen LogP contribution >= 0.6 is 11.3 Å². The van der Waals surface area contributed by atoms with Crippen molar-refractivity contribution in [2.45, 2.75) is 38.4 Å². The second-order valence-corrected chi connectivity index (χ2v) is 5.44. The third-order valence-corrected chi connectivity index (χ3v) is 4.10. The minimum absolute atomic E-state index is 0.558. The third-order valence-electron chi connectivity index (χ3n) is 3.46. The van der Waals surface area contributed by atoms with Crippen LogP contribution in [-0.4, -0.2) is 37.2 Å². The van der Waals surface area contributed by atoms with Gasteiger partial charge in [0.1, 0.15) is 12.7 Å². The molecule has 0 radical (unpaired) electrons. The standard InChI is InChI=1S/C12H17N5S/c1-2-4-16(5-11-7-18-10-14-11)12(3-1)6-17-9-13-8-15-17/h7-10,12H,1-6H2/t12-/m1/s1. The number of hydrogen-bond donors (Lipinski definition) is 0. The molecule has 1 saturated heterocycles. The molecular formula is C12H17N5S. The molecular weight excluding hydrogens is 246 g/mol. The lowest BCUT2D eigenvalue weighted by molar-refractivity contribution is 0.120. The maximum atomic E-state index is 4.38. The van der Waals surface area contributed by atoms with Gasteiger partial charge < -0.3 is 0 Å². The van der Waals surface area contributed by atoms with Crippen molar-refractivity contribution in [3.63, 3.8) is 0 Å². The van der Waals surface area contributed by atoms with Gasteiger partial charge in [-0.2, -0.15) is 5.10 Å². The van der Waals surface area contributed by atoms with Crippen molar-refractivity contribution in [2.75, 3.05) is 6.54 Å². The molecule has 1 fully saturated rings. The first-order chi connectivity index (χ1) is 8.92. The fourth-order valence-corrected chi connectivity index (χ4v) is 3.09. The van der Waals surface area contributed by atoms with Gasteiger partial charge in [-0.15, -0.1) is 11.3 Å². The Labute approximate surface area is 110 Å². The maximum Gasteiger partial charge on any atom is 0.137 e. The molecule has 0 aliphatic carbocycles. The molecule has 0 saturated carbocycles. The molecule has 6 heteroatoms. The van der Waals surface area contributed by atoms with E-state index in [-0.39, 0.29) is 0 Å². The highest BCUT2D eigenvalue weighted by atomic mass is 32.1. The van der Waals surface area contributed by atoms with Crippen LogP contribution in [0.3, 0.4) is 0 Å². The van der Waals surface area contributed by atoms with Crippen LogP contribution in [0.15, 0.2) is 23.5 Å². The Morgan fingerprint density at radius 1 is 1.39 bits per heavy atom. The first-order valence-electron chi connectivity index (χ1n) is 6.35. The van der Waals surface area contributed by atoms with Crippen LogP contribution in [-0.2, 0) is 13.1 Å². The van der Waals surface area contributed by atoms with Crippen LogP contribution in [0, 0.1) is 0 Å². The first kappa shape index (κ1) is 11.8. The lowest BCUT2D eigenvalue weighted by atomic mass is 10.0. The van der Waals surface area contributed by atoms with Gasteiger partial charge in [0.2, 0.25) is 0 Å². The van der Waals surface area contributed by atoms with E-state index in [9.17, 15) is 0 Å². The van der Waals surface area contributed by atoms with Crippen LogP contribution in [0.1, 0.15) is 25.0 Å². The van der Waals surface area contributed by atoms with Crippen molar-refractivity contribution in [1.29, 1.82) is 0 Å². The van der Waals surface area contributed by atoms with Crippen LogP contribution in [0.2, 0.25) is 0 Å². The highest BCUT2D eigenvalue weighted by Crippen LogP contribution is 2.20.